The van der Waals surface area contributed by atoms with Crippen LogP contribution >= 0.6 is 0 Å². The molecule has 1 amide bonds. The van der Waals surface area contributed by atoms with Gasteiger partial charge in [-0.05, 0) is 63.6 Å². The molecule has 0 bridgehead atoms. The number of fused-ring (bicyclic) bond motifs is 1. The molecule has 0 aliphatic rings. The molecule has 6 heteroatoms. The summed E-state index contributed by atoms with van der Waals surface area (Å²) in [7, 11) is 0. The van der Waals surface area contributed by atoms with Crippen LogP contribution in [0.3, 0.4) is 0 Å². The van der Waals surface area contributed by atoms with Crippen LogP contribution in [0.25, 0.3) is 11.0 Å². The van der Waals surface area contributed by atoms with Crippen LogP contribution in [0.4, 0.5) is 0 Å². The first-order valence-electron chi connectivity index (χ1n) is 9.44. The second-order valence-corrected chi connectivity index (χ2v) is 6.94. The minimum Gasteiger partial charge on any atom is -0.491 e. The molecule has 0 saturated heterocycles. The lowest BCUT2D eigenvalue weighted by Crippen LogP contribution is -2.25. The molecule has 0 aliphatic heterocycles. The van der Waals surface area contributed by atoms with Crippen molar-refractivity contribution in [3.05, 3.63) is 69.6 Å². The number of hydrogen-bond acceptors (Lipinski definition) is 4. The van der Waals surface area contributed by atoms with E-state index >= 15 is 0 Å². The lowest BCUT2D eigenvalue weighted by atomic mass is 10.1. The van der Waals surface area contributed by atoms with Crippen LogP contribution in [0.15, 0.2) is 47.3 Å². The van der Waals surface area contributed by atoms with Crippen molar-refractivity contribution in [2.45, 2.75) is 46.9 Å². The average Bonchev–Trinajstić information content (AvgIpc) is 2.67. The standard InChI is InChI=1S/C22H25N3O3/c1-5-25-20-11-8-17(12-19(20)24-15(4)22(25)27)21(26)23-13-16-6-9-18(10-7-16)28-14(2)3/h6-12,14H,5,13H2,1-4H3,(H,23,26). The van der Waals surface area contributed by atoms with Crippen molar-refractivity contribution in [2.24, 2.45) is 0 Å². The number of nitrogens with one attached hydrogen (secondary N) is 1. The van der Waals surface area contributed by atoms with Gasteiger partial charge in [0, 0.05) is 18.7 Å². The molecule has 0 aliphatic carbocycles. The summed E-state index contributed by atoms with van der Waals surface area (Å²) in [5.74, 6) is 0.626. The molecule has 0 atom stereocenters. The first-order valence-corrected chi connectivity index (χ1v) is 9.44. The third kappa shape index (κ3) is 4.22. The number of carbonyl (C=O) groups is 1. The van der Waals surface area contributed by atoms with Gasteiger partial charge in [0.15, 0.2) is 0 Å². The van der Waals surface area contributed by atoms with E-state index in [1.54, 1.807) is 29.7 Å². The van der Waals surface area contributed by atoms with E-state index < -0.39 is 0 Å². The quantitative estimate of drug-likeness (QED) is 0.712. The van der Waals surface area contributed by atoms with Crippen LogP contribution in [-0.2, 0) is 13.1 Å². The van der Waals surface area contributed by atoms with Crippen molar-refractivity contribution in [1.29, 1.82) is 0 Å². The Morgan fingerprint density at radius 3 is 2.54 bits per heavy atom. The Hall–Kier alpha value is -3.15. The number of benzene rings is 2. The van der Waals surface area contributed by atoms with Crippen LogP contribution in [0.1, 0.15) is 42.4 Å². The van der Waals surface area contributed by atoms with Gasteiger partial charge in [-0.3, -0.25) is 9.59 Å². The van der Waals surface area contributed by atoms with Gasteiger partial charge in [-0.1, -0.05) is 12.1 Å². The minimum atomic E-state index is -0.182. The number of aromatic nitrogens is 2. The average molecular weight is 379 g/mol. The number of carbonyl (C=O) groups excluding carboxylic acids is 1. The number of hydrogen-bond donors (Lipinski definition) is 1. The van der Waals surface area contributed by atoms with Crippen molar-refractivity contribution in [3.63, 3.8) is 0 Å². The molecule has 0 spiro atoms. The minimum absolute atomic E-state index is 0.0999. The van der Waals surface area contributed by atoms with Crippen LogP contribution in [0, 0.1) is 6.92 Å². The Morgan fingerprint density at radius 1 is 1.18 bits per heavy atom. The maximum Gasteiger partial charge on any atom is 0.272 e. The summed E-state index contributed by atoms with van der Waals surface area (Å²) in [6.07, 6.45) is 0.125. The molecule has 146 valence electrons. The Morgan fingerprint density at radius 2 is 1.89 bits per heavy atom. The van der Waals surface area contributed by atoms with Gasteiger partial charge in [-0.2, -0.15) is 0 Å². The fourth-order valence-electron chi connectivity index (χ4n) is 3.07. The van der Waals surface area contributed by atoms with Crippen molar-refractivity contribution >= 4 is 16.9 Å². The van der Waals surface area contributed by atoms with Crippen LogP contribution in [0.2, 0.25) is 0 Å². The van der Waals surface area contributed by atoms with Crippen LogP contribution < -0.4 is 15.6 Å². The topological polar surface area (TPSA) is 73.2 Å². The molecule has 1 heterocycles. The largest absolute Gasteiger partial charge is 0.491 e. The van der Waals surface area contributed by atoms with E-state index in [1.807, 2.05) is 45.0 Å². The summed E-state index contributed by atoms with van der Waals surface area (Å²) >= 11 is 0. The fourth-order valence-corrected chi connectivity index (χ4v) is 3.07. The summed E-state index contributed by atoms with van der Waals surface area (Å²) in [5, 5.41) is 2.92. The third-order valence-electron chi connectivity index (χ3n) is 4.44. The smallest absolute Gasteiger partial charge is 0.272 e. The fraction of sp³-hybridized carbons (Fsp3) is 0.318. The van der Waals surface area contributed by atoms with Crippen molar-refractivity contribution in [2.75, 3.05) is 0 Å². The number of aryl methyl sites for hydroxylation is 2. The molecule has 3 aromatic rings. The van der Waals surface area contributed by atoms with Gasteiger partial charge < -0.3 is 14.6 Å². The molecule has 3 rings (SSSR count). The van der Waals surface area contributed by atoms with Crippen molar-refractivity contribution < 1.29 is 9.53 Å². The molecule has 0 fully saturated rings. The predicted octanol–water partition coefficient (Wildman–Crippen LogP) is 3.44. The molecule has 0 unspecified atom stereocenters. The van der Waals surface area contributed by atoms with Gasteiger partial charge in [-0.25, -0.2) is 4.98 Å². The molecule has 0 radical (unpaired) electrons. The Balaban J connectivity index is 1.75. The number of amides is 1. The SMILES string of the molecule is CCn1c(=O)c(C)nc2cc(C(=O)NCc3ccc(OC(C)C)cc3)ccc21. The normalized spacial score (nSPS) is 11.0. The van der Waals surface area contributed by atoms with Crippen molar-refractivity contribution in [3.8, 4) is 5.75 Å². The summed E-state index contributed by atoms with van der Waals surface area (Å²) in [6, 6.07) is 12.9. The molecule has 0 saturated carbocycles. The molecule has 28 heavy (non-hydrogen) atoms. The van der Waals surface area contributed by atoms with Crippen molar-refractivity contribution in [1.82, 2.24) is 14.9 Å². The molecule has 2 aromatic carbocycles. The highest BCUT2D eigenvalue weighted by Gasteiger charge is 2.11. The monoisotopic (exact) mass is 379 g/mol. The van der Waals surface area contributed by atoms with Crippen LogP contribution in [-0.4, -0.2) is 21.6 Å². The second-order valence-electron chi connectivity index (χ2n) is 6.94. The lowest BCUT2D eigenvalue weighted by Gasteiger charge is -2.11. The Kier molecular flexibility index (Phi) is 5.78. The van der Waals surface area contributed by atoms with Crippen LogP contribution in [0.5, 0.6) is 5.75 Å². The first kappa shape index (κ1) is 19.6. The van der Waals surface area contributed by atoms with Gasteiger partial charge in [0.2, 0.25) is 0 Å². The zero-order chi connectivity index (χ0) is 20.3. The third-order valence-corrected chi connectivity index (χ3v) is 4.44. The summed E-state index contributed by atoms with van der Waals surface area (Å²) in [6.45, 7) is 8.54. The molecular formula is C22H25N3O3. The molecular weight excluding hydrogens is 354 g/mol. The maximum atomic E-state index is 12.5. The van der Waals surface area contributed by atoms with E-state index in [0.29, 0.717) is 29.9 Å². The Bertz CT molecular complexity index is 1050. The molecule has 1 aromatic heterocycles. The highest BCUT2D eigenvalue weighted by Crippen LogP contribution is 2.15. The van der Waals surface area contributed by atoms with E-state index in [-0.39, 0.29) is 17.6 Å². The lowest BCUT2D eigenvalue weighted by molar-refractivity contribution is 0.0951. The van der Waals surface area contributed by atoms with Gasteiger partial charge in [0.1, 0.15) is 11.4 Å². The van der Waals surface area contributed by atoms with E-state index in [2.05, 4.69) is 10.3 Å². The maximum absolute atomic E-state index is 12.5. The van der Waals surface area contributed by atoms with E-state index in [0.717, 1.165) is 16.8 Å². The Labute approximate surface area is 164 Å². The number of rotatable bonds is 6. The number of nitrogens with zero attached hydrogens (tertiary/aromatic N) is 2. The van der Waals surface area contributed by atoms with E-state index in [1.165, 1.54) is 0 Å². The highest BCUT2D eigenvalue weighted by molar-refractivity contribution is 5.97. The van der Waals surface area contributed by atoms with E-state index in [4.69, 9.17) is 4.74 Å². The van der Waals surface area contributed by atoms with Gasteiger partial charge in [0.25, 0.3) is 11.5 Å². The zero-order valence-corrected chi connectivity index (χ0v) is 16.7. The summed E-state index contributed by atoms with van der Waals surface area (Å²) < 4.78 is 7.29. The van der Waals surface area contributed by atoms with Gasteiger partial charge in [-0.15, -0.1) is 0 Å². The highest BCUT2D eigenvalue weighted by atomic mass is 16.5. The van der Waals surface area contributed by atoms with Gasteiger partial charge in [0.05, 0.1) is 17.1 Å². The molecule has 1 N–H and O–H groups in total. The summed E-state index contributed by atoms with van der Waals surface area (Å²) in [4.78, 5) is 29.1. The zero-order valence-electron chi connectivity index (χ0n) is 16.7. The van der Waals surface area contributed by atoms with E-state index in [9.17, 15) is 9.59 Å². The summed E-state index contributed by atoms with van der Waals surface area (Å²) in [5.41, 5.74) is 3.20. The van der Waals surface area contributed by atoms with Gasteiger partial charge >= 0.3 is 0 Å². The first-order chi connectivity index (χ1) is 13.4. The molecule has 6 nitrogen and oxygen atoms in total. The predicted molar refractivity (Wildman–Crippen MR) is 110 cm³/mol. The number of ether oxygens (including phenoxy) is 1. The second kappa shape index (κ2) is 8.25.